The quantitative estimate of drug-likeness (QED) is 0.530. The van der Waals surface area contributed by atoms with Crippen molar-refractivity contribution in [2.45, 2.75) is 26.2 Å². The van der Waals surface area contributed by atoms with E-state index in [1.165, 1.54) is 19.3 Å². The van der Waals surface area contributed by atoms with E-state index >= 15 is 0 Å². The molecule has 1 nitrogen and oxygen atoms in total. The van der Waals surface area contributed by atoms with E-state index in [1.807, 2.05) is 0 Å². The zero-order valence-electron chi connectivity index (χ0n) is 6.06. The molecule has 1 atom stereocenters. The Bertz CT molecular complexity index is 116. The fourth-order valence-electron chi connectivity index (χ4n) is 1.44. The largest absolute Gasteiger partial charge is 0.327 e. The van der Waals surface area contributed by atoms with Gasteiger partial charge in [-0.25, -0.2) is 0 Å². The molecule has 2 N–H and O–H groups in total. The van der Waals surface area contributed by atoms with Gasteiger partial charge in [0.15, 0.2) is 0 Å². The molecule has 0 aromatic heterocycles. The van der Waals surface area contributed by atoms with E-state index in [0.29, 0.717) is 0 Å². The number of rotatable bonds is 1. The molecule has 0 radical (unpaired) electrons. The molecule has 1 saturated carbocycles. The summed E-state index contributed by atoms with van der Waals surface area (Å²) in [5.74, 6) is 0.905. The van der Waals surface area contributed by atoms with Crippen molar-refractivity contribution >= 4 is 0 Å². The van der Waals surface area contributed by atoms with Crippen molar-refractivity contribution in [1.82, 2.24) is 0 Å². The molecule has 0 aromatic rings. The van der Waals surface area contributed by atoms with Crippen LogP contribution in [0.25, 0.3) is 0 Å². The van der Waals surface area contributed by atoms with Crippen LogP contribution >= 0.6 is 0 Å². The first kappa shape index (κ1) is 6.81. The maximum absolute atomic E-state index is 5.38. The molecule has 0 saturated heterocycles. The molecule has 1 rings (SSSR count). The Labute approximate surface area is 56.9 Å². The first-order valence-electron chi connectivity index (χ1n) is 3.71. The number of hydrogen-bond acceptors (Lipinski definition) is 1. The van der Waals surface area contributed by atoms with Crippen LogP contribution in [0.4, 0.5) is 0 Å². The van der Waals surface area contributed by atoms with Crippen LogP contribution in [0.5, 0.6) is 0 Å². The minimum Gasteiger partial charge on any atom is -0.327 e. The Balaban J connectivity index is 2.38. The molecule has 1 fully saturated rings. The van der Waals surface area contributed by atoms with Crippen molar-refractivity contribution in [2.75, 3.05) is 6.54 Å². The van der Waals surface area contributed by atoms with Gasteiger partial charge >= 0.3 is 0 Å². The van der Waals surface area contributed by atoms with Crippen LogP contribution in [0, 0.1) is 5.92 Å². The Morgan fingerprint density at radius 3 is 3.00 bits per heavy atom. The third-order valence-electron chi connectivity index (χ3n) is 1.98. The van der Waals surface area contributed by atoms with Gasteiger partial charge in [-0.2, -0.15) is 0 Å². The zero-order valence-corrected chi connectivity index (χ0v) is 6.06. The lowest BCUT2D eigenvalue weighted by atomic mass is 10.1. The van der Waals surface area contributed by atoms with Crippen molar-refractivity contribution in [3.63, 3.8) is 0 Å². The standard InChI is InChI=1S/C8H15N/c1-7-2-3-8(6-7)4-5-9/h4,7H,2-3,5-6,9H2,1H3/b8-4-. The van der Waals surface area contributed by atoms with Gasteiger partial charge in [0.2, 0.25) is 0 Å². The highest BCUT2D eigenvalue weighted by Gasteiger charge is 2.13. The van der Waals surface area contributed by atoms with Crippen LogP contribution in [0.15, 0.2) is 11.6 Å². The molecular formula is C8H15N. The van der Waals surface area contributed by atoms with E-state index in [2.05, 4.69) is 13.0 Å². The van der Waals surface area contributed by atoms with Crippen molar-refractivity contribution in [1.29, 1.82) is 0 Å². The fourth-order valence-corrected chi connectivity index (χ4v) is 1.44. The SMILES string of the molecule is CC1CC/C(=C/CN)C1. The van der Waals surface area contributed by atoms with E-state index in [0.717, 1.165) is 12.5 Å². The van der Waals surface area contributed by atoms with Crippen molar-refractivity contribution < 1.29 is 0 Å². The van der Waals surface area contributed by atoms with Gasteiger partial charge in [-0.15, -0.1) is 0 Å². The third-order valence-corrected chi connectivity index (χ3v) is 1.98. The summed E-state index contributed by atoms with van der Waals surface area (Å²) in [4.78, 5) is 0. The van der Waals surface area contributed by atoms with Gasteiger partial charge in [-0.3, -0.25) is 0 Å². The van der Waals surface area contributed by atoms with Gasteiger partial charge < -0.3 is 5.73 Å². The third kappa shape index (κ3) is 1.83. The highest BCUT2D eigenvalue weighted by molar-refractivity contribution is 5.07. The topological polar surface area (TPSA) is 26.0 Å². The first-order valence-corrected chi connectivity index (χ1v) is 3.71. The maximum Gasteiger partial charge on any atom is 0.0109 e. The molecule has 9 heavy (non-hydrogen) atoms. The van der Waals surface area contributed by atoms with Crippen LogP contribution in [0.1, 0.15) is 26.2 Å². The van der Waals surface area contributed by atoms with E-state index in [4.69, 9.17) is 5.73 Å². The van der Waals surface area contributed by atoms with Gasteiger partial charge in [0, 0.05) is 6.54 Å². The predicted octanol–water partition coefficient (Wildman–Crippen LogP) is 1.69. The predicted molar refractivity (Wildman–Crippen MR) is 40.2 cm³/mol. The van der Waals surface area contributed by atoms with Gasteiger partial charge in [0.25, 0.3) is 0 Å². The van der Waals surface area contributed by atoms with E-state index in [-0.39, 0.29) is 0 Å². The van der Waals surface area contributed by atoms with E-state index < -0.39 is 0 Å². The summed E-state index contributed by atoms with van der Waals surface area (Å²) in [5.41, 5.74) is 6.95. The van der Waals surface area contributed by atoms with Crippen LogP contribution in [-0.2, 0) is 0 Å². The van der Waals surface area contributed by atoms with E-state index in [1.54, 1.807) is 5.57 Å². The second kappa shape index (κ2) is 3.02. The molecule has 0 amide bonds. The summed E-state index contributed by atoms with van der Waals surface area (Å²) in [6.07, 6.45) is 6.12. The Morgan fingerprint density at radius 2 is 2.56 bits per heavy atom. The van der Waals surface area contributed by atoms with Gasteiger partial charge in [-0.05, 0) is 25.2 Å². The Kier molecular flexibility index (Phi) is 2.29. The zero-order chi connectivity index (χ0) is 6.69. The smallest absolute Gasteiger partial charge is 0.0109 e. The molecule has 0 heterocycles. The summed E-state index contributed by atoms with van der Waals surface area (Å²) in [5, 5.41) is 0. The summed E-state index contributed by atoms with van der Waals surface area (Å²) in [6, 6.07) is 0. The van der Waals surface area contributed by atoms with Crippen molar-refractivity contribution in [3.8, 4) is 0 Å². The first-order chi connectivity index (χ1) is 4.33. The lowest BCUT2D eigenvalue weighted by Crippen LogP contribution is -1.94. The minimum absolute atomic E-state index is 0.724. The molecule has 0 aliphatic heterocycles. The highest BCUT2D eigenvalue weighted by Crippen LogP contribution is 2.28. The molecule has 1 aliphatic carbocycles. The second-order valence-corrected chi connectivity index (χ2v) is 2.95. The Morgan fingerprint density at radius 1 is 1.78 bits per heavy atom. The number of nitrogens with two attached hydrogens (primary N) is 1. The summed E-state index contributed by atoms with van der Waals surface area (Å²) in [7, 11) is 0. The molecule has 52 valence electrons. The minimum atomic E-state index is 0.724. The molecule has 1 unspecified atom stereocenters. The van der Waals surface area contributed by atoms with E-state index in [9.17, 15) is 0 Å². The molecule has 0 spiro atoms. The lowest BCUT2D eigenvalue weighted by Gasteiger charge is -1.94. The summed E-state index contributed by atoms with van der Waals surface area (Å²) < 4.78 is 0. The molecule has 1 aliphatic rings. The van der Waals surface area contributed by atoms with Gasteiger partial charge in [0.05, 0.1) is 0 Å². The fraction of sp³-hybridized carbons (Fsp3) is 0.750. The van der Waals surface area contributed by atoms with Crippen molar-refractivity contribution in [2.24, 2.45) is 11.7 Å². The van der Waals surface area contributed by atoms with Gasteiger partial charge in [-0.1, -0.05) is 18.6 Å². The Hall–Kier alpha value is -0.300. The second-order valence-electron chi connectivity index (χ2n) is 2.95. The summed E-state index contributed by atoms with van der Waals surface area (Å²) >= 11 is 0. The molecule has 1 heteroatoms. The number of allylic oxidation sites excluding steroid dienone is 1. The molecule has 0 aromatic carbocycles. The van der Waals surface area contributed by atoms with Crippen LogP contribution in [0.3, 0.4) is 0 Å². The average molecular weight is 125 g/mol. The van der Waals surface area contributed by atoms with Crippen LogP contribution in [0.2, 0.25) is 0 Å². The lowest BCUT2D eigenvalue weighted by molar-refractivity contribution is 0.620. The average Bonchev–Trinajstić information content (AvgIpc) is 2.17. The summed E-state index contributed by atoms with van der Waals surface area (Å²) in [6.45, 7) is 3.03. The monoisotopic (exact) mass is 125 g/mol. The molecule has 0 bridgehead atoms. The maximum atomic E-state index is 5.38. The van der Waals surface area contributed by atoms with Crippen LogP contribution in [-0.4, -0.2) is 6.54 Å². The normalized spacial score (nSPS) is 31.8. The van der Waals surface area contributed by atoms with Gasteiger partial charge in [0.1, 0.15) is 0 Å². The highest BCUT2D eigenvalue weighted by atomic mass is 14.5. The molecular weight excluding hydrogens is 110 g/mol. The number of hydrogen-bond donors (Lipinski definition) is 1. The van der Waals surface area contributed by atoms with Crippen molar-refractivity contribution in [3.05, 3.63) is 11.6 Å². The van der Waals surface area contributed by atoms with Crippen LogP contribution < -0.4 is 5.73 Å².